The summed E-state index contributed by atoms with van der Waals surface area (Å²) in [6.07, 6.45) is 2.27. The number of rotatable bonds is 7. The molecule has 0 bridgehead atoms. The summed E-state index contributed by atoms with van der Waals surface area (Å²) in [5.74, 6) is 0. The Morgan fingerprint density at radius 1 is 1.17 bits per heavy atom. The number of nitrogens with one attached hydrogen (secondary N) is 1. The first-order valence-corrected chi connectivity index (χ1v) is 4.73. The third kappa shape index (κ3) is 6.58. The van der Waals surface area contributed by atoms with Crippen molar-refractivity contribution in [2.24, 2.45) is 16.9 Å². The second-order valence-corrected chi connectivity index (χ2v) is 4.04. The van der Waals surface area contributed by atoms with E-state index in [1.54, 1.807) is 0 Å². The van der Waals surface area contributed by atoms with E-state index in [9.17, 15) is 0 Å². The van der Waals surface area contributed by atoms with Gasteiger partial charge in [0.15, 0.2) is 0 Å². The van der Waals surface area contributed by atoms with Crippen LogP contribution < -0.4 is 16.8 Å². The molecule has 0 atom stereocenters. The van der Waals surface area contributed by atoms with E-state index in [1.165, 1.54) is 0 Å². The molecule has 0 saturated heterocycles. The quantitative estimate of drug-likeness (QED) is 0.485. The number of hydrogen-bond donors (Lipinski definition) is 3. The van der Waals surface area contributed by atoms with Gasteiger partial charge in [-0.2, -0.15) is 0 Å². The van der Waals surface area contributed by atoms with Crippen molar-refractivity contribution in [2.45, 2.75) is 26.7 Å². The molecule has 0 heterocycles. The van der Waals surface area contributed by atoms with Crippen LogP contribution in [-0.2, 0) is 0 Å². The Kier molecular flexibility index (Phi) is 6.34. The molecule has 3 heteroatoms. The van der Waals surface area contributed by atoms with Gasteiger partial charge in [0.25, 0.3) is 0 Å². The summed E-state index contributed by atoms with van der Waals surface area (Å²) >= 11 is 0. The lowest BCUT2D eigenvalue weighted by Gasteiger charge is -2.22. The van der Waals surface area contributed by atoms with Crippen LogP contribution in [0.2, 0.25) is 0 Å². The zero-order valence-corrected chi connectivity index (χ0v) is 8.40. The van der Waals surface area contributed by atoms with Gasteiger partial charge in [-0.05, 0) is 37.9 Å². The average Bonchev–Trinajstić information content (AvgIpc) is 2.04. The molecule has 0 radical (unpaired) electrons. The Morgan fingerprint density at radius 3 is 2.33 bits per heavy atom. The molecule has 0 rings (SSSR count). The highest BCUT2D eigenvalue weighted by Crippen LogP contribution is 2.09. The summed E-state index contributed by atoms with van der Waals surface area (Å²) in [7, 11) is 0. The van der Waals surface area contributed by atoms with E-state index in [4.69, 9.17) is 11.5 Å². The van der Waals surface area contributed by atoms with E-state index in [0.717, 1.165) is 39.0 Å². The van der Waals surface area contributed by atoms with Gasteiger partial charge < -0.3 is 16.8 Å². The summed E-state index contributed by atoms with van der Waals surface area (Å²) in [5.41, 5.74) is 11.2. The maximum absolute atomic E-state index is 5.59. The van der Waals surface area contributed by atoms with E-state index in [-0.39, 0.29) is 5.41 Å². The van der Waals surface area contributed by atoms with Crippen LogP contribution in [0.4, 0.5) is 0 Å². The Morgan fingerprint density at radius 2 is 1.83 bits per heavy atom. The molecule has 0 aliphatic carbocycles. The fourth-order valence-corrected chi connectivity index (χ4v) is 0.893. The molecule has 0 unspecified atom stereocenters. The molecule has 0 saturated carbocycles. The van der Waals surface area contributed by atoms with Crippen molar-refractivity contribution in [1.29, 1.82) is 0 Å². The zero-order valence-electron chi connectivity index (χ0n) is 8.40. The minimum atomic E-state index is 0.225. The van der Waals surface area contributed by atoms with Crippen molar-refractivity contribution in [3.05, 3.63) is 0 Å². The fraction of sp³-hybridized carbons (Fsp3) is 1.00. The third-order valence-electron chi connectivity index (χ3n) is 1.96. The molecule has 0 aromatic rings. The van der Waals surface area contributed by atoms with Gasteiger partial charge in [-0.25, -0.2) is 0 Å². The topological polar surface area (TPSA) is 64.1 Å². The first-order valence-electron chi connectivity index (χ1n) is 4.73. The first kappa shape index (κ1) is 11.9. The summed E-state index contributed by atoms with van der Waals surface area (Å²) in [6, 6.07) is 0. The number of unbranched alkanes of at least 4 members (excludes halogenated alkanes) is 1. The molecule has 0 aromatic heterocycles. The Hall–Kier alpha value is -0.120. The molecule has 0 amide bonds. The molecule has 12 heavy (non-hydrogen) atoms. The van der Waals surface area contributed by atoms with Gasteiger partial charge in [-0.15, -0.1) is 0 Å². The molecule has 0 aliphatic heterocycles. The van der Waals surface area contributed by atoms with Gasteiger partial charge in [0.05, 0.1) is 0 Å². The predicted molar refractivity (Wildman–Crippen MR) is 54.0 cm³/mol. The van der Waals surface area contributed by atoms with Crippen LogP contribution in [0, 0.1) is 5.41 Å². The van der Waals surface area contributed by atoms with Crippen LogP contribution in [0.3, 0.4) is 0 Å². The molecule has 3 nitrogen and oxygen atoms in total. The van der Waals surface area contributed by atoms with Crippen molar-refractivity contribution < 1.29 is 0 Å². The maximum Gasteiger partial charge on any atom is 0.00146 e. The molecule has 0 fully saturated rings. The van der Waals surface area contributed by atoms with Crippen molar-refractivity contribution in [2.75, 3.05) is 26.2 Å². The van der Waals surface area contributed by atoms with Crippen molar-refractivity contribution in [3.8, 4) is 0 Å². The van der Waals surface area contributed by atoms with Crippen LogP contribution in [0.1, 0.15) is 26.7 Å². The SMILES string of the molecule is CC(C)(CN)CNCCCCN. The molecular weight excluding hydrogens is 150 g/mol. The summed E-state index contributed by atoms with van der Waals surface area (Å²) in [5, 5.41) is 3.38. The Balaban J connectivity index is 3.19. The Labute approximate surface area is 75.9 Å². The molecule has 0 aliphatic rings. The lowest BCUT2D eigenvalue weighted by Crippen LogP contribution is -2.35. The molecule has 0 aromatic carbocycles. The van der Waals surface area contributed by atoms with E-state index in [1.807, 2.05) is 0 Å². The lowest BCUT2D eigenvalue weighted by molar-refractivity contribution is 0.351. The first-order chi connectivity index (χ1) is 5.62. The monoisotopic (exact) mass is 173 g/mol. The maximum atomic E-state index is 5.59. The molecule has 0 spiro atoms. The Bertz CT molecular complexity index is 102. The second kappa shape index (κ2) is 6.40. The highest BCUT2D eigenvalue weighted by atomic mass is 14.9. The minimum Gasteiger partial charge on any atom is -0.330 e. The second-order valence-electron chi connectivity index (χ2n) is 4.04. The third-order valence-corrected chi connectivity index (χ3v) is 1.96. The highest BCUT2D eigenvalue weighted by Gasteiger charge is 2.13. The summed E-state index contributed by atoms with van der Waals surface area (Å²) < 4.78 is 0. The van der Waals surface area contributed by atoms with Gasteiger partial charge in [-0.3, -0.25) is 0 Å². The van der Waals surface area contributed by atoms with Gasteiger partial charge in [0.2, 0.25) is 0 Å². The van der Waals surface area contributed by atoms with Crippen LogP contribution in [-0.4, -0.2) is 26.2 Å². The van der Waals surface area contributed by atoms with E-state index < -0.39 is 0 Å². The average molecular weight is 173 g/mol. The molecule has 5 N–H and O–H groups in total. The minimum absolute atomic E-state index is 0.225. The highest BCUT2D eigenvalue weighted by molar-refractivity contribution is 4.71. The van der Waals surface area contributed by atoms with E-state index in [2.05, 4.69) is 19.2 Å². The smallest absolute Gasteiger partial charge is 0.00146 e. The van der Waals surface area contributed by atoms with Gasteiger partial charge in [-0.1, -0.05) is 13.8 Å². The summed E-state index contributed by atoms with van der Waals surface area (Å²) in [6.45, 7) is 7.92. The lowest BCUT2D eigenvalue weighted by atomic mass is 9.94. The van der Waals surface area contributed by atoms with Gasteiger partial charge >= 0.3 is 0 Å². The predicted octanol–water partition coefficient (Wildman–Crippen LogP) is 0.300. The van der Waals surface area contributed by atoms with Crippen molar-refractivity contribution in [1.82, 2.24) is 5.32 Å². The van der Waals surface area contributed by atoms with Crippen molar-refractivity contribution >= 4 is 0 Å². The van der Waals surface area contributed by atoms with Crippen molar-refractivity contribution in [3.63, 3.8) is 0 Å². The fourth-order valence-electron chi connectivity index (χ4n) is 0.893. The molecule has 74 valence electrons. The standard InChI is InChI=1S/C9H23N3/c1-9(2,7-11)8-12-6-4-3-5-10/h12H,3-8,10-11H2,1-2H3. The number of nitrogens with two attached hydrogens (primary N) is 2. The van der Waals surface area contributed by atoms with Crippen LogP contribution in [0.25, 0.3) is 0 Å². The van der Waals surface area contributed by atoms with Crippen LogP contribution >= 0.6 is 0 Å². The largest absolute Gasteiger partial charge is 0.330 e. The van der Waals surface area contributed by atoms with E-state index in [0.29, 0.717) is 0 Å². The van der Waals surface area contributed by atoms with Gasteiger partial charge in [0.1, 0.15) is 0 Å². The van der Waals surface area contributed by atoms with E-state index >= 15 is 0 Å². The molecular formula is C9H23N3. The normalized spacial score (nSPS) is 12.0. The zero-order chi connectivity index (χ0) is 9.45. The van der Waals surface area contributed by atoms with Gasteiger partial charge in [0, 0.05) is 6.54 Å². The number of hydrogen-bond acceptors (Lipinski definition) is 3. The summed E-state index contributed by atoms with van der Waals surface area (Å²) in [4.78, 5) is 0. The van der Waals surface area contributed by atoms with Crippen LogP contribution in [0.5, 0.6) is 0 Å². The van der Waals surface area contributed by atoms with Crippen LogP contribution in [0.15, 0.2) is 0 Å².